The number of aromatic nitrogens is 1. The van der Waals surface area contributed by atoms with Crippen LogP contribution in [0.4, 0.5) is 0 Å². The predicted octanol–water partition coefficient (Wildman–Crippen LogP) is 1.20. The number of pyridine rings is 1. The first-order valence-corrected chi connectivity index (χ1v) is 4.62. The molecular formula is C7H7IN2O. The zero-order valence-corrected chi connectivity index (χ0v) is 7.91. The number of nitrogens with zero attached hydrogens (tertiary/aromatic N) is 1. The fraction of sp³-hybridized carbons (Fsp3) is 0.143. The number of carbonyl (C=O) groups is 1. The topological polar surface area (TPSA) is 42.0 Å². The van der Waals surface area contributed by atoms with Gasteiger partial charge < -0.3 is 5.32 Å². The molecule has 0 fully saturated rings. The summed E-state index contributed by atoms with van der Waals surface area (Å²) in [5, 5.41) is 2.65. The van der Waals surface area contributed by atoms with Crippen LogP contribution in [0.3, 0.4) is 0 Å². The lowest BCUT2D eigenvalue weighted by molar-refractivity contribution is 0.0957. The van der Waals surface area contributed by atoms with Crippen LogP contribution >= 0.6 is 22.6 Å². The van der Waals surface area contributed by atoms with E-state index in [9.17, 15) is 4.79 Å². The summed E-state index contributed by atoms with van der Waals surface area (Å²) in [5.74, 6) is -0.125. The normalized spacial score (nSPS) is 9.18. The van der Waals surface area contributed by atoms with E-state index in [4.69, 9.17) is 0 Å². The minimum atomic E-state index is -0.125. The van der Waals surface area contributed by atoms with Gasteiger partial charge in [-0.05, 0) is 12.1 Å². The number of hydrogen-bond acceptors (Lipinski definition) is 2. The highest BCUT2D eigenvalue weighted by Crippen LogP contribution is 1.92. The van der Waals surface area contributed by atoms with Crippen LogP contribution in [0.2, 0.25) is 0 Å². The molecule has 1 amide bonds. The first-order chi connectivity index (χ1) is 5.34. The third-order valence-electron chi connectivity index (χ3n) is 1.12. The standard InChI is InChI=1S/C7H7IN2O/c8-5-10-7(11)6-3-1-2-4-9-6/h1-4H,5H2,(H,10,11). The van der Waals surface area contributed by atoms with Crippen molar-refractivity contribution in [2.75, 3.05) is 4.55 Å². The van der Waals surface area contributed by atoms with Crippen LogP contribution in [0.25, 0.3) is 0 Å². The summed E-state index contributed by atoms with van der Waals surface area (Å²) in [6, 6.07) is 5.25. The van der Waals surface area contributed by atoms with E-state index in [1.165, 1.54) is 0 Å². The second-order valence-electron chi connectivity index (χ2n) is 1.85. The molecule has 1 heterocycles. The Hall–Kier alpha value is -0.650. The minimum absolute atomic E-state index is 0.125. The molecule has 3 nitrogen and oxygen atoms in total. The second-order valence-corrected chi connectivity index (χ2v) is 2.62. The van der Waals surface area contributed by atoms with Crippen LogP contribution in [0.15, 0.2) is 24.4 Å². The second kappa shape index (κ2) is 4.27. The van der Waals surface area contributed by atoms with Crippen LogP contribution in [-0.4, -0.2) is 15.4 Å². The Bertz CT molecular complexity index is 237. The van der Waals surface area contributed by atoms with E-state index < -0.39 is 0 Å². The van der Waals surface area contributed by atoms with Gasteiger partial charge in [0.1, 0.15) is 5.69 Å². The molecule has 0 unspecified atom stereocenters. The van der Waals surface area contributed by atoms with E-state index in [-0.39, 0.29) is 5.91 Å². The molecule has 0 aliphatic heterocycles. The zero-order valence-electron chi connectivity index (χ0n) is 5.75. The molecule has 0 saturated carbocycles. The fourth-order valence-corrected chi connectivity index (χ4v) is 0.995. The first kappa shape index (κ1) is 8.45. The lowest BCUT2D eigenvalue weighted by atomic mass is 10.3. The SMILES string of the molecule is O=C(NCI)c1ccccn1. The van der Waals surface area contributed by atoms with Gasteiger partial charge in [-0.25, -0.2) is 0 Å². The lowest BCUT2D eigenvalue weighted by Crippen LogP contribution is -2.22. The number of hydrogen-bond donors (Lipinski definition) is 1. The summed E-state index contributed by atoms with van der Waals surface area (Å²) in [4.78, 5) is 14.9. The van der Waals surface area contributed by atoms with Gasteiger partial charge in [0, 0.05) is 6.20 Å². The zero-order chi connectivity index (χ0) is 8.10. The highest BCUT2D eigenvalue weighted by molar-refractivity contribution is 14.1. The van der Waals surface area contributed by atoms with Crippen LogP contribution in [0.5, 0.6) is 0 Å². The van der Waals surface area contributed by atoms with Gasteiger partial charge in [0.15, 0.2) is 0 Å². The van der Waals surface area contributed by atoms with Crippen molar-refractivity contribution >= 4 is 28.5 Å². The van der Waals surface area contributed by atoms with Gasteiger partial charge in [-0.15, -0.1) is 0 Å². The average Bonchev–Trinajstić information content (AvgIpc) is 2.07. The van der Waals surface area contributed by atoms with Crippen LogP contribution in [-0.2, 0) is 0 Å². The third-order valence-corrected chi connectivity index (χ3v) is 1.51. The summed E-state index contributed by atoms with van der Waals surface area (Å²) < 4.78 is 0.604. The number of alkyl halides is 1. The van der Waals surface area contributed by atoms with Crippen molar-refractivity contribution in [2.45, 2.75) is 0 Å². The molecule has 0 radical (unpaired) electrons. The van der Waals surface area contributed by atoms with Crippen molar-refractivity contribution in [3.8, 4) is 0 Å². The molecule has 0 saturated heterocycles. The minimum Gasteiger partial charge on any atom is -0.342 e. The Labute approximate surface area is 78.4 Å². The van der Waals surface area contributed by atoms with E-state index >= 15 is 0 Å². The monoisotopic (exact) mass is 262 g/mol. The molecule has 0 atom stereocenters. The summed E-state index contributed by atoms with van der Waals surface area (Å²) in [7, 11) is 0. The molecule has 11 heavy (non-hydrogen) atoms. The third kappa shape index (κ3) is 2.45. The predicted molar refractivity (Wildman–Crippen MR) is 50.6 cm³/mol. The van der Waals surface area contributed by atoms with E-state index in [0.29, 0.717) is 10.2 Å². The van der Waals surface area contributed by atoms with Crippen molar-refractivity contribution in [3.63, 3.8) is 0 Å². The number of amides is 1. The Morgan fingerprint density at radius 3 is 3.00 bits per heavy atom. The molecule has 58 valence electrons. The maximum atomic E-state index is 11.1. The summed E-state index contributed by atoms with van der Waals surface area (Å²) in [6.07, 6.45) is 1.60. The Balaban J connectivity index is 2.69. The Morgan fingerprint density at radius 2 is 2.45 bits per heavy atom. The molecule has 1 rings (SSSR count). The van der Waals surface area contributed by atoms with Gasteiger partial charge in [0.25, 0.3) is 5.91 Å². The summed E-state index contributed by atoms with van der Waals surface area (Å²) >= 11 is 2.07. The number of rotatable bonds is 2. The molecule has 1 aromatic rings. The smallest absolute Gasteiger partial charge is 0.270 e. The molecule has 0 spiro atoms. The maximum absolute atomic E-state index is 11.1. The number of carbonyl (C=O) groups excluding carboxylic acids is 1. The van der Waals surface area contributed by atoms with Crippen molar-refractivity contribution in [2.24, 2.45) is 0 Å². The maximum Gasteiger partial charge on any atom is 0.270 e. The Morgan fingerprint density at radius 1 is 1.64 bits per heavy atom. The summed E-state index contributed by atoms with van der Waals surface area (Å²) in [6.45, 7) is 0. The van der Waals surface area contributed by atoms with Gasteiger partial charge in [-0.2, -0.15) is 0 Å². The molecule has 0 aliphatic carbocycles. The van der Waals surface area contributed by atoms with Crippen LogP contribution in [0, 0.1) is 0 Å². The number of halogens is 1. The molecule has 1 N–H and O–H groups in total. The van der Waals surface area contributed by atoms with Gasteiger partial charge >= 0.3 is 0 Å². The van der Waals surface area contributed by atoms with Gasteiger partial charge in [-0.1, -0.05) is 28.7 Å². The van der Waals surface area contributed by atoms with Gasteiger partial charge in [0.05, 0.1) is 4.55 Å². The summed E-state index contributed by atoms with van der Waals surface area (Å²) in [5.41, 5.74) is 0.462. The molecule has 1 aromatic heterocycles. The highest BCUT2D eigenvalue weighted by Gasteiger charge is 2.02. The average molecular weight is 262 g/mol. The van der Waals surface area contributed by atoms with E-state index in [0.717, 1.165) is 0 Å². The quantitative estimate of drug-likeness (QED) is 0.494. The van der Waals surface area contributed by atoms with Gasteiger partial charge in [0.2, 0.25) is 0 Å². The largest absolute Gasteiger partial charge is 0.342 e. The number of nitrogens with one attached hydrogen (secondary N) is 1. The fourth-order valence-electron chi connectivity index (χ4n) is 0.648. The van der Waals surface area contributed by atoms with Crippen LogP contribution < -0.4 is 5.32 Å². The van der Waals surface area contributed by atoms with Crippen LogP contribution in [0.1, 0.15) is 10.5 Å². The molecule has 0 aromatic carbocycles. The van der Waals surface area contributed by atoms with E-state index in [1.54, 1.807) is 24.4 Å². The Kier molecular flexibility index (Phi) is 3.28. The van der Waals surface area contributed by atoms with Gasteiger partial charge in [-0.3, -0.25) is 9.78 Å². The van der Waals surface area contributed by atoms with Crippen molar-refractivity contribution in [3.05, 3.63) is 30.1 Å². The van der Waals surface area contributed by atoms with Crippen molar-refractivity contribution < 1.29 is 4.79 Å². The molecule has 4 heteroatoms. The van der Waals surface area contributed by atoms with E-state index in [2.05, 4.69) is 32.9 Å². The molecular weight excluding hydrogens is 255 g/mol. The van der Waals surface area contributed by atoms with Crippen molar-refractivity contribution in [1.29, 1.82) is 0 Å². The molecule has 0 bridgehead atoms. The van der Waals surface area contributed by atoms with Crippen molar-refractivity contribution in [1.82, 2.24) is 10.3 Å². The lowest BCUT2D eigenvalue weighted by Gasteiger charge is -1.97. The first-order valence-electron chi connectivity index (χ1n) is 3.10. The van der Waals surface area contributed by atoms with E-state index in [1.807, 2.05) is 0 Å². The highest BCUT2D eigenvalue weighted by atomic mass is 127. The molecule has 0 aliphatic rings.